The van der Waals surface area contributed by atoms with Crippen LogP contribution < -0.4 is 5.32 Å². The van der Waals surface area contributed by atoms with E-state index >= 15 is 0 Å². The summed E-state index contributed by atoms with van der Waals surface area (Å²) in [5.74, 6) is 0. The van der Waals surface area contributed by atoms with Crippen LogP contribution in [0.4, 0.5) is 4.39 Å². The molecule has 3 atom stereocenters. The Hall–Kier alpha value is -1.62. The van der Waals surface area contributed by atoms with Crippen molar-refractivity contribution in [1.29, 1.82) is 0 Å². The molecule has 0 unspecified atom stereocenters. The average molecular weight is 264 g/mol. The molecule has 19 heavy (non-hydrogen) atoms. The van der Waals surface area contributed by atoms with E-state index in [4.69, 9.17) is 10.3 Å². The van der Waals surface area contributed by atoms with Gasteiger partial charge >= 0.3 is 0 Å². The van der Waals surface area contributed by atoms with E-state index in [1.165, 1.54) is 0 Å². The fourth-order valence-electron chi connectivity index (χ4n) is 2.17. The first-order chi connectivity index (χ1) is 9.31. The highest BCUT2D eigenvalue weighted by Crippen LogP contribution is 2.19. The van der Waals surface area contributed by atoms with Gasteiger partial charge < -0.3 is 10.1 Å². The third kappa shape index (κ3) is 3.92. The highest BCUT2D eigenvalue weighted by molar-refractivity contribution is 5.13. The summed E-state index contributed by atoms with van der Waals surface area (Å²) in [5, 5.41) is 6.70. The summed E-state index contributed by atoms with van der Waals surface area (Å²) in [5.41, 5.74) is 9.53. The Labute approximate surface area is 111 Å². The molecule has 1 aliphatic heterocycles. The summed E-state index contributed by atoms with van der Waals surface area (Å²) in [4.78, 5) is 2.78. The molecular weight excluding hydrogens is 247 g/mol. The number of halogens is 1. The molecule has 2 rings (SSSR count). The molecular formula is C13H17FN4O. The zero-order valence-corrected chi connectivity index (χ0v) is 10.6. The van der Waals surface area contributed by atoms with E-state index in [1.54, 1.807) is 0 Å². The van der Waals surface area contributed by atoms with Crippen molar-refractivity contribution < 1.29 is 9.13 Å². The Balaban J connectivity index is 2.02. The standard InChI is InChI=1S/C13H17FN4O/c14-11-6-7-16-8-12(17-18-15)13(11)19-9-10-4-2-1-3-5-10/h1-5,11-13,16H,6-9H2/t11-,12-,13+/m1/s1. The van der Waals surface area contributed by atoms with Gasteiger partial charge in [0.1, 0.15) is 6.17 Å². The molecule has 102 valence electrons. The van der Waals surface area contributed by atoms with Crippen LogP contribution in [0.5, 0.6) is 0 Å². The van der Waals surface area contributed by atoms with Crippen LogP contribution in [-0.4, -0.2) is 31.4 Å². The maximum atomic E-state index is 14.0. The molecule has 0 spiro atoms. The van der Waals surface area contributed by atoms with E-state index in [-0.39, 0.29) is 0 Å². The van der Waals surface area contributed by atoms with E-state index in [1.807, 2.05) is 30.3 Å². The Morgan fingerprint density at radius 1 is 1.42 bits per heavy atom. The lowest BCUT2D eigenvalue weighted by Crippen LogP contribution is -2.38. The number of hydrogen-bond acceptors (Lipinski definition) is 3. The molecule has 1 saturated heterocycles. The maximum absolute atomic E-state index is 14.0. The number of azide groups is 1. The van der Waals surface area contributed by atoms with Gasteiger partial charge in [0.05, 0.1) is 18.8 Å². The number of rotatable bonds is 4. The lowest BCUT2D eigenvalue weighted by atomic mass is 10.1. The van der Waals surface area contributed by atoms with Crippen molar-refractivity contribution in [2.45, 2.75) is 31.3 Å². The fraction of sp³-hybridized carbons (Fsp3) is 0.538. The van der Waals surface area contributed by atoms with Crippen LogP contribution in [0.3, 0.4) is 0 Å². The number of benzene rings is 1. The minimum atomic E-state index is -1.12. The fourth-order valence-corrected chi connectivity index (χ4v) is 2.17. The van der Waals surface area contributed by atoms with Gasteiger partial charge in [-0.05, 0) is 24.1 Å². The highest BCUT2D eigenvalue weighted by atomic mass is 19.1. The first kappa shape index (κ1) is 13.8. The first-order valence-corrected chi connectivity index (χ1v) is 6.36. The van der Waals surface area contributed by atoms with Crippen LogP contribution in [0.25, 0.3) is 10.4 Å². The van der Waals surface area contributed by atoms with Gasteiger partial charge in [-0.2, -0.15) is 0 Å². The van der Waals surface area contributed by atoms with Crippen molar-refractivity contribution in [3.63, 3.8) is 0 Å². The molecule has 1 aromatic rings. The Bertz CT molecular complexity index is 436. The van der Waals surface area contributed by atoms with Gasteiger partial charge in [0.25, 0.3) is 0 Å². The summed E-state index contributed by atoms with van der Waals surface area (Å²) in [6, 6.07) is 9.07. The molecule has 1 heterocycles. The molecule has 0 radical (unpaired) electrons. The summed E-state index contributed by atoms with van der Waals surface area (Å²) in [6.45, 7) is 1.34. The van der Waals surface area contributed by atoms with Gasteiger partial charge in [0.15, 0.2) is 0 Å². The molecule has 1 N–H and O–H groups in total. The van der Waals surface area contributed by atoms with Crippen LogP contribution in [-0.2, 0) is 11.3 Å². The predicted molar refractivity (Wildman–Crippen MR) is 70.3 cm³/mol. The van der Waals surface area contributed by atoms with Crippen LogP contribution >= 0.6 is 0 Å². The van der Waals surface area contributed by atoms with Crippen molar-refractivity contribution in [1.82, 2.24) is 5.32 Å². The topological polar surface area (TPSA) is 70.0 Å². The van der Waals surface area contributed by atoms with Gasteiger partial charge in [-0.15, -0.1) is 0 Å². The Kier molecular flexibility index (Phi) is 5.15. The molecule has 0 aliphatic carbocycles. The second kappa shape index (κ2) is 7.09. The minimum absolute atomic E-state index is 0.323. The van der Waals surface area contributed by atoms with E-state index in [9.17, 15) is 4.39 Å². The lowest BCUT2D eigenvalue weighted by molar-refractivity contribution is -0.0232. The monoisotopic (exact) mass is 264 g/mol. The van der Waals surface area contributed by atoms with Crippen LogP contribution in [0.2, 0.25) is 0 Å². The lowest BCUT2D eigenvalue weighted by Gasteiger charge is -2.24. The first-order valence-electron chi connectivity index (χ1n) is 6.36. The number of nitrogens with zero attached hydrogens (tertiary/aromatic N) is 3. The number of ether oxygens (including phenoxy) is 1. The van der Waals surface area contributed by atoms with Gasteiger partial charge in [-0.3, -0.25) is 0 Å². The van der Waals surface area contributed by atoms with Crippen LogP contribution in [0, 0.1) is 0 Å². The number of hydrogen-bond donors (Lipinski definition) is 1. The zero-order valence-electron chi connectivity index (χ0n) is 10.6. The van der Waals surface area contributed by atoms with Gasteiger partial charge in [0, 0.05) is 11.5 Å². The molecule has 0 amide bonds. The average Bonchev–Trinajstić information content (AvgIpc) is 2.60. The summed E-state index contributed by atoms with van der Waals surface area (Å²) < 4.78 is 19.7. The van der Waals surface area contributed by atoms with E-state index in [2.05, 4.69) is 15.3 Å². The SMILES string of the molecule is [N-]=[N+]=N[C@@H]1CNCC[C@@H](F)[C@@H]1OCc1ccccc1. The normalized spacial score (nSPS) is 27.3. The smallest absolute Gasteiger partial charge is 0.128 e. The third-order valence-corrected chi connectivity index (χ3v) is 3.17. The van der Waals surface area contributed by atoms with Crippen molar-refractivity contribution >= 4 is 0 Å². The molecule has 1 fully saturated rings. The summed E-state index contributed by atoms with van der Waals surface area (Å²) >= 11 is 0. The number of alkyl halides is 1. The second-order valence-corrected chi connectivity index (χ2v) is 4.54. The number of nitrogens with one attached hydrogen (secondary N) is 1. The summed E-state index contributed by atoms with van der Waals surface area (Å²) in [6.07, 6.45) is -1.43. The zero-order chi connectivity index (χ0) is 13.5. The Morgan fingerprint density at radius 2 is 2.21 bits per heavy atom. The van der Waals surface area contributed by atoms with Crippen LogP contribution in [0.15, 0.2) is 35.4 Å². The van der Waals surface area contributed by atoms with Crippen molar-refractivity contribution in [3.05, 3.63) is 46.3 Å². The minimum Gasteiger partial charge on any atom is -0.370 e. The third-order valence-electron chi connectivity index (χ3n) is 3.17. The highest BCUT2D eigenvalue weighted by Gasteiger charge is 2.32. The van der Waals surface area contributed by atoms with Crippen molar-refractivity contribution in [2.75, 3.05) is 13.1 Å². The molecule has 1 aromatic carbocycles. The van der Waals surface area contributed by atoms with Gasteiger partial charge in [-0.25, -0.2) is 4.39 Å². The van der Waals surface area contributed by atoms with Crippen LogP contribution in [0.1, 0.15) is 12.0 Å². The predicted octanol–water partition coefficient (Wildman–Crippen LogP) is 2.58. The largest absolute Gasteiger partial charge is 0.370 e. The quantitative estimate of drug-likeness (QED) is 0.516. The molecule has 5 nitrogen and oxygen atoms in total. The Morgan fingerprint density at radius 3 is 2.95 bits per heavy atom. The summed E-state index contributed by atoms with van der Waals surface area (Å²) in [7, 11) is 0. The molecule has 0 saturated carbocycles. The molecule has 0 bridgehead atoms. The molecule has 0 aromatic heterocycles. The van der Waals surface area contributed by atoms with Crippen molar-refractivity contribution in [3.8, 4) is 0 Å². The molecule has 6 heteroatoms. The van der Waals surface area contributed by atoms with Gasteiger partial charge in [0.2, 0.25) is 0 Å². The van der Waals surface area contributed by atoms with E-state index in [0.717, 1.165) is 5.56 Å². The van der Waals surface area contributed by atoms with Crippen molar-refractivity contribution in [2.24, 2.45) is 5.11 Å². The maximum Gasteiger partial charge on any atom is 0.128 e. The second-order valence-electron chi connectivity index (χ2n) is 4.54. The molecule has 1 aliphatic rings. The van der Waals surface area contributed by atoms with E-state index in [0.29, 0.717) is 26.1 Å². The van der Waals surface area contributed by atoms with Gasteiger partial charge in [-0.1, -0.05) is 35.4 Å². The van der Waals surface area contributed by atoms with E-state index < -0.39 is 18.3 Å².